The summed E-state index contributed by atoms with van der Waals surface area (Å²) in [5.41, 5.74) is 0.728. The number of ether oxygens (including phenoxy) is 1. The van der Waals surface area contributed by atoms with Crippen LogP contribution in [-0.4, -0.2) is 26.0 Å². The van der Waals surface area contributed by atoms with Crippen molar-refractivity contribution in [3.63, 3.8) is 0 Å². The molecule has 0 amide bonds. The van der Waals surface area contributed by atoms with E-state index in [1.165, 1.54) is 0 Å². The Balaban J connectivity index is 2.25. The van der Waals surface area contributed by atoms with Crippen molar-refractivity contribution in [2.75, 3.05) is 20.2 Å². The van der Waals surface area contributed by atoms with Crippen LogP contribution in [0.25, 0.3) is 0 Å². The largest absolute Gasteiger partial charge is 0.496 e. The maximum absolute atomic E-state index is 12.4. The van der Waals surface area contributed by atoms with Crippen LogP contribution in [0.4, 0.5) is 0 Å². The number of rotatable bonds is 3. The first kappa shape index (κ1) is 12.8. The molecular formula is C13H16INO2. The van der Waals surface area contributed by atoms with Crippen LogP contribution in [0.5, 0.6) is 5.75 Å². The Morgan fingerprint density at radius 1 is 1.41 bits per heavy atom. The van der Waals surface area contributed by atoms with E-state index in [1.807, 2.05) is 18.2 Å². The van der Waals surface area contributed by atoms with Crippen LogP contribution in [0.3, 0.4) is 0 Å². The van der Waals surface area contributed by atoms with E-state index in [1.54, 1.807) is 7.11 Å². The second-order valence-electron chi connectivity index (χ2n) is 4.23. The van der Waals surface area contributed by atoms with Crippen LogP contribution >= 0.6 is 22.6 Å². The van der Waals surface area contributed by atoms with Gasteiger partial charge in [-0.3, -0.25) is 4.79 Å². The van der Waals surface area contributed by atoms with Crippen LogP contribution in [-0.2, 0) is 0 Å². The summed E-state index contributed by atoms with van der Waals surface area (Å²) in [6.07, 6.45) is 1.85. The molecule has 0 saturated carbocycles. The van der Waals surface area contributed by atoms with Gasteiger partial charge in [-0.2, -0.15) is 0 Å². The molecule has 0 radical (unpaired) electrons. The topological polar surface area (TPSA) is 38.3 Å². The highest BCUT2D eigenvalue weighted by Crippen LogP contribution is 2.26. The average molecular weight is 345 g/mol. The van der Waals surface area contributed by atoms with E-state index in [4.69, 9.17) is 4.74 Å². The van der Waals surface area contributed by atoms with Crippen molar-refractivity contribution in [3.05, 3.63) is 27.3 Å². The van der Waals surface area contributed by atoms with Gasteiger partial charge in [0.2, 0.25) is 0 Å². The second kappa shape index (κ2) is 5.82. The molecule has 17 heavy (non-hydrogen) atoms. The monoisotopic (exact) mass is 345 g/mol. The first-order valence-electron chi connectivity index (χ1n) is 5.81. The van der Waals surface area contributed by atoms with Crippen LogP contribution < -0.4 is 10.1 Å². The van der Waals surface area contributed by atoms with Gasteiger partial charge in [-0.05, 0) is 66.7 Å². The average Bonchev–Trinajstić information content (AvgIpc) is 2.39. The summed E-state index contributed by atoms with van der Waals surface area (Å²) in [5, 5.41) is 3.28. The summed E-state index contributed by atoms with van der Waals surface area (Å²) in [4.78, 5) is 12.4. The number of ketones is 1. The lowest BCUT2D eigenvalue weighted by molar-refractivity contribution is 0.0892. The molecule has 1 heterocycles. The molecule has 1 fully saturated rings. The maximum Gasteiger partial charge on any atom is 0.169 e. The van der Waals surface area contributed by atoms with Crippen molar-refractivity contribution in [1.82, 2.24) is 5.32 Å². The van der Waals surface area contributed by atoms with Gasteiger partial charge in [0, 0.05) is 9.49 Å². The number of carbonyl (C=O) groups is 1. The summed E-state index contributed by atoms with van der Waals surface area (Å²) < 4.78 is 6.34. The third-order valence-corrected chi connectivity index (χ3v) is 3.81. The minimum absolute atomic E-state index is 0.142. The van der Waals surface area contributed by atoms with Crippen molar-refractivity contribution >= 4 is 28.4 Å². The van der Waals surface area contributed by atoms with Crippen molar-refractivity contribution in [2.45, 2.75) is 12.8 Å². The lowest BCUT2D eigenvalue weighted by Crippen LogP contribution is -2.32. The highest BCUT2D eigenvalue weighted by atomic mass is 127. The molecule has 0 aliphatic carbocycles. The van der Waals surface area contributed by atoms with Gasteiger partial charge in [0.05, 0.1) is 12.7 Å². The van der Waals surface area contributed by atoms with Crippen LogP contribution in [0, 0.1) is 9.49 Å². The molecule has 4 heteroatoms. The lowest BCUT2D eigenvalue weighted by Gasteiger charge is -2.22. The number of piperidine rings is 1. The van der Waals surface area contributed by atoms with Crippen molar-refractivity contribution in [2.24, 2.45) is 5.92 Å². The zero-order chi connectivity index (χ0) is 12.3. The third kappa shape index (κ3) is 2.98. The molecule has 0 spiro atoms. The molecule has 1 aliphatic rings. The first-order valence-corrected chi connectivity index (χ1v) is 6.88. The molecular weight excluding hydrogens is 329 g/mol. The van der Waals surface area contributed by atoms with Gasteiger partial charge in [-0.25, -0.2) is 0 Å². The zero-order valence-corrected chi connectivity index (χ0v) is 12.0. The van der Waals surface area contributed by atoms with E-state index in [0.717, 1.165) is 35.1 Å². The molecule has 1 N–H and O–H groups in total. The number of halogens is 1. The molecule has 1 aromatic rings. The fraction of sp³-hybridized carbons (Fsp3) is 0.462. The Kier molecular flexibility index (Phi) is 4.39. The number of hydrogen-bond donors (Lipinski definition) is 1. The number of benzene rings is 1. The Bertz CT molecular complexity index is 414. The maximum atomic E-state index is 12.4. The summed E-state index contributed by atoms with van der Waals surface area (Å²) in [6, 6.07) is 5.75. The molecule has 1 aliphatic heterocycles. The summed E-state index contributed by atoms with van der Waals surface area (Å²) >= 11 is 2.22. The molecule has 0 aromatic heterocycles. The summed E-state index contributed by atoms with van der Waals surface area (Å²) in [5.74, 6) is 1.05. The quantitative estimate of drug-likeness (QED) is 0.676. The predicted molar refractivity (Wildman–Crippen MR) is 75.6 cm³/mol. The summed E-state index contributed by atoms with van der Waals surface area (Å²) in [7, 11) is 1.61. The highest BCUT2D eigenvalue weighted by molar-refractivity contribution is 14.1. The zero-order valence-electron chi connectivity index (χ0n) is 9.83. The van der Waals surface area contributed by atoms with E-state index in [0.29, 0.717) is 5.75 Å². The number of Topliss-reactive ketones (excluding diaryl/α,β-unsaturated/α-hetero) is 1. The van der Waals surface area contributed by atoms with Crippen LogP contribution in [0.1, 0.15) is 23.2 Å². The molecule has 1 saturated heterocycles. The van der Waals surface area contributed by atoms with Crippen molar-refractivity contribution in [3.8, 4) is 5.75 Å². The standard InChI is InChI=1S/C13H16INO2/c1-17-12-3-2-10(14)8-11(12)13(16)9-4-6-15-7-5-9/h2-3,8-9,15H,4-7H2,1H3. The normalized spacial score (nSPS) is 16.8. The van der Waals surface area contributed by atoms with Gasteiger partial charge >= 0.3 is 0 Å². The van der Waals surface area contributed by atoms with Gasteiger partial charge in [0.15, 0.2) is 5.78 Å². The fourth-order valence-corrected chi connectivity index (χ4v) is 2.67. The van der Waals surface area contributed by atoms with Gasteiger partial charge in [-0.15, -0.1) is 0 Å². The molecule has 0 atom stereocenters. The van der Waals surface area contributed by atoms with Gasteiger partial charge in [0.25, 0.3) is 0 Å². The van der Waals surface area contributed by atoms with Crippen LogP contribution in [0.15, 0.2) is 18.2 Å². The van der Waals surface area contributed by atoms with E-state index in [2.05, 4.69) is 27.9 Å². The molecule has 0 unspecified atom stereocenters. The third-order valence-electron chi connectivity index (χ3n) is 3.14. The molecule has 1 aromatic carbocycles. The van der Waals surface area contributed by atoms with E-state index in [-0.39, 0.29) is 11.7 Å². The number of hydrogen-bond acceptors (Lipinski definition) is 3. The predicted octanol–water partition coefficient (Wildman–Crippen LogP) is 2.48. The smallest absolute Gasteiger partial charge is 0.169 e. The Hall–Kier alpha value is -0.620. The van der Waals surface area contributed by atoms with E-state index >= 15 is 0 Å². The molecule has 2 rings (SSSR count). The lowest BCUT2D eigenvalue weighted by atomic mass is 9.89. The fourth-order valence-electron chi connectivity index (χ4n) is 2.18. The molecule has 0 bridgehead atoms. The number of methoxy groups -OCH3 is 1. The molecule has 3 nitrogen and oxygen atoms in total. The minimum Gasteiger partial charge on any atom is -0.496 e. The SMILES string of the molecule is COc1ccc(I)cc1C(=O)C1CCNCC1. The van der Waals surface area contributed by atoms with E-state index in [9.17, 15) is 4.79 Å². The van der Waals surface area contributed by atoms with Gasteiger partial charge < -0.3 is 10.1 Å². The van der Waals surface area contributed by atoms with Gasteiger partial charge in [0.1, 0.15) is 5.75 Å². The molecule has 92 valence electrons. The highest BCUT2D eigenvalue weighted by Gasteiger charge is 2.24. The second-order valence-corrected chi connectivity index (χ2v) is 5.48. The van der Waals surface area contributed by atoms with Crippen molar-refractivity contribution < 1.29 is 9.53 Å². The Labute approximate surface area is 115 Å². The van der Waals surface area contributed by atoms with Gasteiger partial charge in [-0.1, -0.05) is 0 Å². The Morgan fingerprint density at radius 2 is 2.12 bits per heavy atom. The number of carbonyl (C=O) groups excluding carboxylic acids is 1. The van der Waals surface area contributed by atoms with Crippen molar-refractivity contribution in [1.29, 1.82) is 0 Å². The summed E-state index contributed by atoms with van der Waals surface area (Å²) in [6.45, 7) is 1.87. The number of nitrogens with one attached hydrogen (secondary N) is 1. The minimum atomic E-state index is 0.142. The first-order chi connectivity index (χ1) is 8.22. The van der Waals surface area contributed by atoms with E-state index < -0.39 is 0 Å². The Morgan fingerprint density at radius 3 is 2.76 bits per heavy atom. The van der Waals surface area contributed by atoms with Crippen LogP contribution in [0.2, 0.25) is 0 Å².